The second-order valence-corrected chi connectivity index (χ2v) is 5.65. The average molecular weight is 331 g/mol. The van der Waals surface area contributed by atoms with Crippen molar-refractivity contribution in [2.75, 3.05) is 46.5 Å². The first kappa shape index (κ1) is 16.5. The number of ether oxygens (including phenoxy) is 2. The van der Waals surface area contributed by atoms with E-state index in [9.17, 15) is 9.59 Å². The number of aromatic nitrogens is 1. The van der Waals surface area contributed by atoms with Crippen LogP contribution in [0, 0.1) is 0 Å². The monoisotopic (exact) mass is 331 g/mol. The number of hydrogen-bond acceptors (Lipinski definition) is 5. The van der Waals surface area contributed by atoms with Crippen molar-refractivity contribution in [3.8, 4) is 5.75 Å². The van der Waals surface area contributed by atoms with Crippen molar-refractivity contribution in [1.82, 2.24) is 15.2 Å². The Morgan fingerprint density at radius 1 is 1.33 bits per heavy atom. The third-order valence-electron chi connectivity index (χ3n) is 4.16. The van der Waals surface area contributed by atoms with E-state index in [4.69, 9.17) is 9.47 Å². The average Bonchev–Trinajstić information content (AvgIpc) is 3.04. The summed E-state index contributed by atoms with van der Waals surface area (Å²) < 4.78 is 10.5. The molecule has 1 fully saturated rings. The molecule has 1 aromatic carbocycles. The molecule has 1 aliphatic rings. The van der Waals surface area contributed by atoms with Gasteiger partial charge in [0.2, 0.25) is 0 Å². The van der Waals surface area contributed by atoms with E-state index in [2.05, 4.69) is 15.2 Å². The van der Waals surface area contributed by atoms with Crippen molar-refractivity contribution in [3.05, 3.63) is 30.0 Å². The molecule has 2 aromatic rings. The minimum atomic E-state index is -0.591. The zero-order chi connectivity index (χ0) is 16.9. The minimum Gasteiger partial charge on any atom is -0.497 e. The van der Waals surface area contributed by atoms with Crippen LogP contribution in [0.5, 0.6) is 5.75 Å². The van der Waals surface area contributed by atoms with Gasteiger partial charge < -0.3 is 19.8 Å². The predicted molar refractivity (Wildman–Crippen MR) is 89.4 cm³/mol. The summed E-state index contributed by atoms with van der Waals surface area (Å²) in [5.74, 6) is -0.493. The fourth-order valence-electron chi connectivity index (χ4n) is 2.77. The van der Waals surface area contributed by atoms with E-state index in [0.717, 1.165) is 18.6 Å². The number of Topliss-reactive ketones (excluding diaryl/α,β-unsaturated/α-hetero) is 1. The first-order chi connectivity index (χ1) is 11.7. The third-order valence-corrected chi connectivity index (χ3v) is 4.16. The Hall–Kier alpha value is -2.38. The number of aromatic amines is 1. The summed E-state index contributed by atoms with van der Waals surface area (Å²) in [6, 6.07) is 5.37. The highest BCUT2D eigenvalue weighted by Crippen LogP contribution is 2.23. The molecule has 128 valence electrons. The molecule has 2 N–H and O–H groups in total. The number of rotatable bonds is 6. The highest BCUT2D eigenvalue weighted by atomic mass is 16.5. The van der Waals surface area contributed by atoms with Gasteiger partial charge in [0.25, 0.3) is 11.7 Å². The Morgan fingerprint density at radius 2 is 2.12 bits per heavy atom. The maximum absolute atomic E-state index is 12.4. The SMILES string of the molecule is COc1ccc2[nH]cc(C(=O)C(=O)NCCN3CCOCC3)c2c1. The number of benzene rings is 1. The quantitative estimate of drug-likeness (QED) is 0.604. The molecule has 0 aliphatic carbocycles. The summed E-state index contributed by atoms with van der Waals surface area (Å²) in [5, 5.41) is 3.38. The van der Waals surface area contributed by atoms with Crippen molar-refractivity contribution in [1.29, 1.82) is 0 Å². The van der Waals surface area contributed by atoms with E-state index < -0.39 is 11.7 Å². The molecule has 1 amide bonds. The first-order valence-corrected chi connectivity index (χ1v) is 7.97. The van der Waals surface area contributed by atoms with Gasteiger partial charge in [0.1, 0.15) is 5.75 Å². The maximum atomic E-state index is 12.4. The lowest BCUT2D eigenvalue weighted by atomic mass is 10.1. The normalized spacial score (nSPS) is 15.4. The molecule has 1 aliphatic heterocycles. The lowest BCUT2D eigenvalue weighted by Gasteiger charge is -2.26. The van der Waals surface area contributed by atoms with Crippen LogP contribution in [0.1, 0.15) is 10.4 Å². The molecule has 0 radical (unpaired) electrons. The van der Waals surface area contributed by atoms with Crippen LogP contribution in [-0.2, 0) is 9.53 Å². The molecule has 0 spiro atoms. The summed E-state index contributed by atoms with van der Waals surface area (Å²) in [6.07, 6.45) is 1.56. The highest BCUT2D eigenvalue weighted by Gasteiger charge is 2.20. The maximum Gasteiger partial charge on any atom is 0.292 e. The number of hydrogen-bond donors (Lipinski definition) is 2. The molecule has 1 aromatic heterocycles. The second-order valence-electron chi connectivity index (χ2n) is 5.65. The number of fused-ring (bicyclic) bond motifs is 1. The van der Waals surface area contributed by atoms with Gasteiger partial charge in [-0.05, 0) is 18.2 Å². The van der Waals surface area contributed by atoms with E-state index in [1.165, 1.54) is 0 Å². The number of carbonyl (C=O) groups excluding carboxylic acids is 2. The molecule has 0 unspecified atom stereocenters. The molecular formula is C17H21N3O4. The largest absolute Gasteiger partial charge is 0.497 e. The van der Waals surface area contributed by atoms with E-state index >= 15 is 0 Å². The van der Waals surface area contributed by atoms with Gasteiger partial charge in [0.05, 0.1) is 25.9 Å². The van der Waals surface area contributed by atoms with Crippen molar-refractivity contribution in [3.63, 3.8) is 0 Å². The van der Waals surface area contributed by atoms with Crippen LogP contribution in [0.2, 0.25) is 0 Å². The van der Waals surface area contributed by atoms with E-state index in [0.29, 0.717) is 43.0 Å². The van der Waals surface area contributed by atoms with E-state index in [1.807, 2.05) is 6.07 Å². The smallest absolute Gasteiger partial charge is 0.292 e. The Balaban J connectivity index is 1.61. The van der Waals surface area contributed by atoms with Crippen LogP contribution in [0.25, 0.3) is 10.9 Å². The van der Waals surface area contributed by atoms with Crippen LogP contribution in [0.4, 0.5) is 0 Å². The number of carbonyl (C=O) groups is 2. The number of nitrogens with zero attached hydrogens (tertiary/aromatic N) is 1. The Morgan fingerprint density at radius 3 is 2.88 bits per heavy atom. The standard InChI is InChI=1S/C17H21N3O4/c1-23-12-2-3-15-13(10-12)14(11-19-15)16(21)17(22)18-4-5-20-6-8-24-9-7-20/h2-3,10-11,19H,4-9H2,1H3,(H,18,22). The van der Waals surface area contributed by atoms with Gasteiger partial charge in [-0.2, -0.15) is 0 Å². The molecule has 3 rings (SSSR count). The summed E-state index contributed by atoms with van der Waals surface area (Å²) in [4.78, 5) is 29.7. The predicted octanol–water partition coefficient (Wildman–Crippen LogP) is 0.808. The van der Waals surface area contributed by atoms with Gasteiger partial charge in [-0.25, -0.2) is 0 Å². The number of ketones is 1. The number of morpholine rings is 1. The van der Waals surface area contributed by atoms with Crippen molar-refractivity contribution >= 4 is 22.6 Å². The van der Waals surface area contributed by atoms with E-state index in [-0.39, 0.29) is 0 Å². The van der Waals surface area contributed by atoms with Crippen LogP contribution >= 0.6 is 0 Å². The highest BCUT2D eigenvalue weighted by molar-refractivity contribution is 6.45. The van der Waals surface area contributed by atoms with Crippen LogP contribution in [0.3, 0.4) is 0 Å². The van der Waals surface area contributed by atoms with Gasteiger partial charge >= 0.3 is 0 Å². The molecule has 0 bridgehead atoms. The molecule has 7 nitrogen and oxygen atoms in total. The number of nitrogens with one attached hydrogen (secondary N) is 2. The van der Waals surface area contributed by atoms with Crippen LogP contribution < -0.4 is 10.1 Å². The minimum absolute atomic E-state index is 0.354. The van der Waals surface area contributed by atoms with Crippen molar-refractivity contribution in [2.24, 2.45) is 0 Å². The van der Waals surface area contributed by atoms with Gasteiger partial charge in [-0.3, -0.25) is 14.5 Å². The summed E-state index contributed by atoms with van der Waals surface area (Å²) in [6.45, 7) is 4.28. The Kier molecular flexibility index (Phi) is 5.12. The van der Waals surface area contributed by atoms with Crippen LogP contribution in [0.15, 0.2) is 24.4 Å². The van der Waals surface area contributed by atoms with Crippen molar-refractivity contribution < 1.29 is 19.1 Å². The Labute approximate surface area is 139 Å². The molecule has 2 heterocycles. The van der Waals surface area contributed by atoms with Gasteiger partial charge in [-0.15, -0.1) is 0 Å². The zero-order valence-corrected chi connectivity index (χ0v) is 13.6. The van der Waals surface area contributed by atoms with Crippen LogP contribution in [-0.4, -0.2) is 68.1 Å². The number of methoxy groups -OCH3 is 1. The molecule has 0 saturated carbocycles. The number of H-pyrrole nitrogens is 1. The third kappa shape index (κ3) is 3.58. The molecule has 1 saturated heterocycles. The van der Waals surface area contributed by atoms with E-state index in [1.54, 1.807) is 25.4 Å². The molecule has 0 atom stereocenters. The second kappa shape index (κ2) is 7.46. The zero-order valence-electron chi connectivity index (χ0n) is 13.6. The lowest BCUT2D eigenvalue weighted by Crippen LogP contribution is -2.42. The summed E-state index contributed by atoms with van der Waals surface area (Å²) in [7, 11) is 1.56. The fraction of sp³-hybridized carbons (Fsp3) is 0.412. The Bertz CT molecular complexity index is 735. The fourth-order valence-corrected chi connectivity index (χ4v) is 2.77. The molecule has 24 heavy (non-hydrogen) atoms. The van der Waals surface area contributed by atoms with Gasteiger partial charge in [0.15, 0.2) is 0 Å². The topological polar surface area (TPSA) is 83.7 Å². The van der Waals surface area contributed by atoms with Gasteiger partial charge in [-0.1, -0.05) is 0 Å². The number of amides is 1. The van der Waals surface area contributed by atoms with Gasteiger partial charge in [0, 0.05) is 43.3 Å². The van der Waals surface area contributed by atoms with Crippen molar-refractivity contribution in [2.45, 2.75) is 0 Å². The summed E-state index contributed by atoms with van der Waals surface area (Å²) >= 11 is 0. The summed E-state index contributed by atoms with van der Waals surface area (Å²) in [5.41, 5.74) is 1.15. The molecular weight excluding hydrogens is 310 g/mol. The lowest BCUT2D eigenvalue weighted by molar-refractivity contribution is -0.117. The first-order valence-electron chi connectivity index (χ1n) is 7.97. The molecule has 7 heteroatoms.